The van der Waals surface area contributed by atoms with Crippen molar-refractivity contribution in [2.45, 2.75) is 26.2 Å². The molecule has 0 aliphatic heterocycles. The molecule has 0 radical (unpaired) electrons. The highest BCUT2D eigenvalue weighted by Gasteiger charge is 2.19. The monoisotopic (exact) mass is 301 g/mol. The molecule has 5 nitrogen and oxygen atoms in total. The molecule has 0 amide bonds. The van der Waals surface area contributed by atoms with Crippen molar-refractivity contribution in [3.63, 3.8) is 0 Å². The van der Waals surface area contributed by atoms with Gasteiger partial charge >= 0.3 is 0 Å². The van der Waals surface area contributed by atoms with E-state index in [0.29, 0.717) is 4.96 Å². The van der Waals surface area contributed by atoms with E-state index >= 15 is 0 Å². The molecule has 2 aromatic heterocycles. The summed E-state index contributed by atoms with van der Waals surface area (Å²) < 4.78 is 1.64. The first-order chi connectivity index (χ1) is 9.86. The fourth-order valence-electron chi connectivity index (χ4n) is 2.21. The van der Waals surface area contributed by atoms with Gasteiger partial charge in [0.2, 0.25) is 4.96 Å². The lowest BCUT2D eigenvalue weighted by Crippen LogP contribution is -2.12. The maximum absolute atomic E-state index is 11.2. The maximum Gasteiger partial charge on any atom is 0.292 e. The van der Waals surface area contributed by atoms with Crippen LogP contribution < -0.4 is 5.56 Å². The van der Waals surface area contributed by atoms with Gasteiger partial charge in [0.25, 0.3) is 5.56 Å². The number of aromatic nitrogens is 3. The van der Waals surface area contributed by atoms with Crippen LogP contribution in [0.5, 0.6) is 5.75 Å². The van der Waals surface area contributed by atoms with Gasteiger partial charge < -0.3 is 5.11 Å². The van der Waals surface area contributed by atoms with Crippen LogP contribution in [-0.2, 0) is 5.41 Å². The summed E-state index contributed by atoms with van der Waals surface area (Å²) >= 11 is 1.37. The summed E-state index contributed by atoms with van der Waals surface area (Å²) in [6, 6.07) is 5.48. The number of aromatic hydroxyl groups is 1. The number of phenols is 1. The van der Waals surface area contributed by atoms with Crippen molar-refractivity contribution in [1.82, 2.24) is 14.6 Å². The van der Waals surface area contributed by atoms with Crippen molar-refractivity contribution in [1.29, 1.82) is 0 Å². The number of benzene rings is 1. The van der Waals surface area contributed by atoms with Crippen LogP contribution in [0.15, 0.2) is 34.6 Å². The highest BCUT2D eigenvalue weighted by Crippen LogP contribution is 2.34. The highest BCUT2D eigenvalue weighted by molar-refractivity contribution is 7.15. The SMILES string of the molecule is CC(C)(C)c1cc(-c2csc3nc(=O)cnn23)ccc1O. The third kappa shape index (κ3) is 2.42. The number of fused-ring (bicyclic) bond motifs is 1. The van der Waals surface area contributed by atoms with Crippen LogP contribution in [0.4, 0.5) is 0 Å². The molecule has 0 aliphatic carbocycles. The predicted molar refractivity (Wildman–Crippen MR) is 82.9 cm³/mol. The summed E-state index contributed by atoms with van der Waals surface area (Å²) in [6.07, 6.45) is 1.20. The zero-order valence-electron chi connectivity index (χ0n) is 12.0. The topological polar surface area (TPSA) is 67.5 Å². The minimum absolute atomic E-state index is 0.162. The van der Waals surface area contributed by atoms with E-state index in [0.717, 1.165) is 16.8 Å². The standard InChI is InChI=1S/C15H15N3O2S/c1-15(2,3)10-6-9(4-5-12(10)19)11-8-21-14-17-13(20)7-16-18(11)14/h4-8,19H,1-3H3. The van der Waals surface area contributed by atoms with Gasteiger partial charge in [-0.1, -0.05) is 20.8 Å². The van der Waals surface area contributed by atoms with E-state index in [1.807, 2.05) is 38.3 Å². The van der Waals surface area contributed by atoms with Gasteiger partial charge in [-0.25, -0.2) is 4.52 Å². The van der Waals surface area contributed by atoms with Crippen LogP contribution in [0.2, 0.25) is 0 Å². The molecule has 1 aromatic carbocycles. The van der Waals surface area contributed by atoms with E-state index in [1.165, 1.54) is 17.5 Å². The summed E-state index contributed by atoms with van der Waals surface area (Å²) in [5.74, 6) is 0.281. The number of hydrogen-bond donors (Lipinski definition) is 1. The van der Waals surface area contributed by atoms with Crippen LogP contribution in [0.3, 0.4) is 0 Å². The molecule has 0 spiro atoms. The molecule has 3 aromatic rings. The molecule has 108 valence electrons. The molecule has 0 saturated carbocycles. The Morgan fingerprint density at radius 1 is 1.29 bits per heavy atom. The molecular weight excluding hydrogens is 286 g/mol. The summed E-state index contributed by atoms with van der Waals surface area (Å²) in [6.45, 7) is 6.15. The van der Waals surface area contributed by atoms with Crippen LogP contribution >= 0.6 is 11.3 Å². The fraction of sp³-hybridized carbons (Fsp3) is 0.267. The van der Waals surface area contributed by atoms with E-state index < -0.39 is 0 Å². The van der Waals surface area contributed by atoms with Gasteiger partial charge in [-0.2, -0.15) is 10.1 Å². The summed E-state index contributed by atoms with van der Waals surface area (Å²) in [5, 5.41) is 16.1. The van der Waals surface area contributed by atoms with Gasteiger partial charge in [0.05, 0.1) is 5.69 Å². The Labute approximate surface area is 125 Å². The molecule has 2 heterocycles. The van der Waals surface area contributed by atoms with Crippen LogP contribution in [0.1, 0.15) is 26.3 Å². The van der Waals surface area contributed by atoms with Crippen molar-refractivity contribution in [3.8, 4) is 17.0 Å². The second-order valence-electron chi connectivity index (χ2n) is 5.89. The molecule has 3 rings (SSSR count). The zero-order chi connectivity index (χ0) is 15.2. The van der Waals surface area contributed by atoms with Crippen LogP contribution in [0.25, 0.3) is 16.2 Å². The molecular formula is C15H15N3O2S. The lowest BCUT2D eigenvalue weighted by molar-refractivity contribution is 0.447. The van der Waals surface area contributed by atoms with Crippen LogP contribution in [0, 0.1) is 0 Å². The highest BCUT2D eigenvalue weighted by atomic mass is 32.1. The van der Waals surface area contributed by atoms with E-state index in [1.54, 1.807) is 10.6 Å². The van der Waals surface area contributed by atoms with Crippen LogP contribution in [-0.4, -0.2) is 19.7 Å². The third-order valence-electron chi connectivity index (χ3n) is 3.28. The Balaban J connectivity index is 2.22. The second kappa shape index (κ2) is 4.66. The largest absolute Gasteiger partial charge is 0.508 e. The lowest BCUT2D eigenvalue weighted by Gasteiger charge is -2.21. The maximum atomic E-state index is 11.2. The van der Waals surface area contributed by atoms with Gasteiger partial charge in [-0.05, 0) is 29.2 Å². The minimum Gasteiger partial charge on any atom is -0.508 e. The smallest absolute Gasteiger partial charge is 0.292 e. The van der Waals surface area contributed by atoms with Crippen molar-refractivity contribution in [3.05, 3.63) is 45.7 Å². The Hall–Kier alpha value is -2.21. The third-order valence-corrected chi connectivity index (χ3v) is 4.09. The fourth-order valence-corrected chi connectivity index (χ4v) is 3.05. The Kier molecular flexibility index (Phi) is 3.06. The molecule has 0 bridgehead atoms. The first-order valence-corrected chi connectivity index (χ1v) is 7.42. The van der Waals surface area contributed by atoms with E-state index in [-0.39, 0.29) is 16.7 Å². The molecule has 0 saturated heterocycles. The second-order valence-corrected chi connectivity index (χ2v) is 6.73. The summed E-state index contributed by atoms with van der Waals surface area (Å²) in [7, 11) is 0. The number of phenolic OH excluding ortho intramolecular Hbond substituents is 1. The Morgan fingerprint density at radius 2 is 2.05 bits per heavy atom. The van der Waals surface area contributed by atoms with E-state index in [4.69, 9.17) is 0 Å². The zero-order valence-corrected chi connectivity index (χ0v) is 12.8. The van der Waals surface area contributed by atoms with Crippen molar-refractivity contribution in [2.75, 3.05) is 0 Å². The average Bonchev–Trinajstić information content (AvgIpc) is 2.81. The number of nitrogens with zero attached hydrogens (tertiary/aromatic N) is 3. The number of hydrogen-bond acceptors (Lipinski definition) is 5. The van der Waals surface area contributed by atoms with E-state index in [9.17, 15) is 9.90 Å². The molecule has 1 N–H and O–H groups in total. The minimum atomic E-state index is -0.343. The summed E-state index contributed by atoms with van der Waals surface area (Å²) in [4.78, 5) is 15.7. The van der Waals surface area contributed by atoms with Gasteiger partial charge in [0.1, 0.15) is 11.9 Å². The Bertz CT molecular complexity index is 874. The van der Waals surface area contributed by atoms with Crippen molar-refractivity contribution >= 4 is 16.3 Å². The van der Waals surface area contributed by atoms with E-state index in [2.05, 4.69) is 10.1 Å². The predicted octanol–water partition coefficient (Wildman–Crippen LogP) is 2.82. The van der Waals surface area contributed by atoms with Gasteiger partial charge in [-0.3, -0.25) is 4.79 Å². The number of rotatable bonds is 1. The van der Waals surface area contributed by atoms with Crippen molar-refractivity contribution < 1.29 is 5.11 Å². The normalized spacial score (nSPS) is 12.0. The molecule has 0 fully saturated rings. The molecule has 6 heteroatoms. The Morgan fingerprint density at radius 3 is 2.76 bits per heavy atom. The molecule has 0 aliphatic rings. The lowest BCUT2D eigenvalue weighted by atomic mass is 9.85. The first kappa shape index (κ1) is 13.8. The number of thiazole rings is 1. The average molecular weight is 301 g/mol. The molecule has 0 atom stereocenters. The van der Waals surface area contributed by atoms with Gasteiger partial charge in [0, 0.05) is 10.9 Å². The summed E-state index contributed by atoms with van der Waals surface area (Å²) in [5.41, 5.74) is 2.15. The molecule has 0 unspecified atom stereocenters. The first-order valence-electron chi connectivity index (χ1n) is 6.54. The van der Waals surface area contributed by atoms with Gasteiger partial charge in [0.15, 0.2) is 0 Å². The van der Waals surface area contributed by atoms with Gasteiger partial charge in [-0.15, -0.1) is 11.3 Å². The van der Waals surface area contributed by atoms with Crippen molar-refractivity contribution in [2.24, 2.45) is 0 Å². The molecule has 21 heavy (non-hydrogen) atoms. The quantitative estimate of drug-likeness (QED) is 0.750.